The number of carbonyl (C=O) groups excluding carboxylic acids is 1. The summed E-state index contributed by atoms with van der Waals surface area (Å²) < 4.78 is 36.1. The standard InChI is InChI=1S/C10H5F3O/c1-2-7-5-3-4-6-8(7)9(14)10(11,12)13/h1,3-6H. The van der Waals surface area contributed by atoms with Crippen LogP contribution in [0.3, 0.4) is 0 Å². The van der Waals surface area contributed by atoms with Gasteiger partial charge in [-0.1, -0.05) is 18.1 Å². The number of alkyl halides is 3. The summed E-state index contributed by atoms with van der Waals surface area (Å²) in [6.45, 7) is 0. The van der Waals surface area contributed by atoms with E-state index in [1.165, 1.54) is 18.2 Å². The topological polar surface area (TPSA) is 17.1 Å². The van der Waals surface area contributed by atoms with Gasteiger partial charge >= 0.3 is 6.18 Å². The SMILES string of the molecule is C#Cc1ccccc1C(=O)C(F)(F)F. The molecule has 1 nitrogen and oxygen atoms in total. The van der Waals surface area contributed by atoms with E-state index < -0.39 is 17.5 Å². The summed E-state index contributed by atoms with van der Waals surface area (Å²) in [5.74, 6) is 0.117. The molecular formula is C10H5F3O. The van der Waals surface area contributed by atoms with E-state index >= 15 is 0 Å². The predicted molar refractivity (Wildman–Crippen MR) is 44.8 cm³/mol. The highest BCUT2D eigenvalue weighted by atomic mass is 19.4. The van der Waals surface area contributed by atoms with Crippen molar-refractivity contribution in [2.24, 2.45) is 0 Å². The van der Waals surface area contributed by atoms with Crippen molar-refractivity contribution < 1.29 is 18.0 Å². The molecule has 0 saturated heterocycles. The molecular weight excluding hydrogens is 193 g/mol. The number of hydrogen-bond donors (Lipinski definition) is 0. The molecule has 72 valence electrons. The summed E-state index contributed by atoms with van der Waals surface area (Å²) >= 11 is 0. The van der Waals surface area contributed by atoms with Gasteiger partial charge in [0.05, 0.1) is 0 Å². The molecule has 0 saturated carbocycles. The average Bonchev–Trinajstić information content (AvgIpc) is 2.15. The summed E-state index contributed by atoms with van der Waals surface area (Å²) in [6.07, 6.45) is 0.0801. The van der Waals surface area contributed by atoms with Crippen LogP contribution in [0.5, 0.6) is 0 Å². The van der Waals surface area contributed by atoms with Crippen molar-refractivity contribution in [2.45, 2.75) is 6.18 Å². The average molecular weight is 198 g/mol. The molecule has 0 bridgehead atoms. The van der Waals surface area contributed by atoms with Crippen LogP contribution in [-0.2, 0) is 0 Å². The van der Waals surface area contributed by atoms with Gasteiger partial charge < -0.3 is 0 Å². The van der Waals surface area contributed by atoms with Crippen LogP contribution in [0.4, 0.5) is 13.2 Å². The molecule has 0 aliphatic heterocycles. The molecule has 0 aliphatic carbocycles. The highest BCUT2D eigenvalue weighted by Gasteiger charge is 2.40. The summed E-state index contributed by atoms with van der Waals surface area (Å²) in [6, 6.07) is 5.16. The Kier molecular flexibility index (Phi) is 2.61. The molecule has 0 aromatic heterocycles. The number of hydrogen-bond acceptors (Lipinski definition) is 1. The van der Waals surface area contributed by atoms with Crippen LogP contribution in [0, 0.1) is 12.3 Å². The maximum atomic E-state index is 12.0. The molecule has 0 atom stereocenters. The molecule has 0 aliphatic rings. The van der Waals surface area contributed by atoms with Crippen molar-refractivity contribution in [2.75, 3.05) is 0 Å². The van der Waals surface area contributed by atoms with E-state index in [2.05, 4.69) is 0 Å². The first kappa shape index (κ1) is 10.3. The molecule has 0 heterocycles. The van der Waals surface area contributed by atoms with Crippen molar-refractivity contribution in [3.05, 3.63) is 35.4 Å². The van der Waals surface area contributed by atoms with Gasteiger partial charge in [0, 0.05) is 11.1 Å². The molecule has 0 N–H and O–H groups in total. The van der Waals surface area contributed by atoms with Crippen molar-refractivity contribution in [1.82, 2.24) is 0 Å². The number of benzene rings is 1. The Morgan fingerprint density at radius 3 is 2.36 bits per heavy atom. The van der Waals surface area contributed by atoms with Crippen LogP contribution in [-0.4, -0.2) is 12.0 Å². The number of ketones is 1. The van der Waals surface area contributed by atoms with Crippen LogP contribution in [0.1, 0.15) is 15.9 Å². The highest BCUT2D eigenvalue weighted by Crippen LogP contribution is 2.23. The largest absolute Gasteiger partial charge is 0.454 e. The number of halogens is 3. The summed E-state index contributed by atoms with van der Waals surface area (Å²) in [5.41, 5.74) is -0.530. The van der Waals surface area contributed by atoms with Gasteiger partial charge in [-0.05, 0) is 12.1 Å². The van der Waals surface area contributed by atoms with Gasteiger partial charge in [0.15, 0.2) is 0 Å². The van der Waals surface area contributed by atoms with Crippen LogP contribution in [0.15, 0.2) is 24.3 Å². The molecule has 0 amide bonds. The minimum absolute atomic E-state index is 0.0465. The lowest BCUT2D eigenvalue weighted by molar-refractivity contribution is -0.0885. The summed E-state index contributed by atoms with van der Waals surface area (Å²) in [4.78, 5) is 10.8. The summed E-state index contributed by atoms with van der Waals surface area (Å²) in [5, 5.41) is 0. The lowest BCUT2D eigenvalue weighted by Crippen LogP contribution is -2.23. The third-order valence-electron chi connectivity index (χ3n) is 1.58. The van der Waals surface area contributed by atoms with Crippen molar-refractivity contribution >= 4 is 5.78 Å². The minimum Gasteiger partial charge on any atom is -0.284 e. The molecule has 1 aromatic rings. The van der Waals surface area contributed by atoms with Gasteiger partial charge in [-0.15, -0.1) is 6.42 Å². The maximum Gasteiger partial charge on any atom is 0.454 e. The van der Waals surface area contributed by atoms with E-state index in [9.17, 15) is 18.0 Å². The van der Waals surface area contributed by atoms with Gasteiger partial charge in [0.1, 0.15) is 0 Å². The first-order valence-corrected chi connectivity index (χ1v) is 3.64. The monoisotopic (exact) mass is 198 g/mol. The lowest BCUT2D eigenvalue weighted by Gasteiger charge is -2.06. The Morgan fingerprint density at radius 2 is 1.86 bits per heavy atom. The van der Waals surface area contributed by atoms with E-state index in [0.717, 1.165) is 6.07 Å². The number of Topliss-reactive ketones (excluding diaryl/α,β-unsaturated/α-hetero) is 1. The Bertz CT molecular complexity index is 399. The zero-order chi connectivity index (χ0) is 10.8. The van der Waals surface area contributed by atoms with Gasteiger partial charge in [-0.2, -0.15) is 13.2 Å². The Labute approximate surface area is 78.5 Å². The maximum absolute atomic E-state index is 12.0. The Morgan fingerprint density at radius 1 is 1.29 bits per heavy atom. The molecule has 4 heteroatoms. The number of carbonyl (C=O) groups is 1. The lowest BCUT2D eigenvalue weighted by atomic mass is 10.0. The van der Waals surface area contributed by atoms with E-state index in [1.807, 2.05) is 5.92 Å². The van der Waals surface area contributed by atoms with Crippen molar-refractivity contribution in [3.8, 4) is 12.3 Å². The van der Waals surface area contributed by atoms with Crippen molar-refractivity contribution in [1.29, 1.82) is 0 Å². The van der Waals surface area contributed by atoms with Gasteiger partial charge in [-0.25, -0.2) is 0 Å². The first-order valence-electron chi connectivity index (χ1n) is 3.64. The van der Waals surface area contributed by atoms with Crippen LogP contribution >= 0.6 is 0 Å². The van der Waals surface area contributed by atoms with Gasteiger partial charge in [0.2, 0.25) is 0 Å². The van der Waals surface area contributed by atoms with Crippen LogP contribution in [0.25, 0.3) is 0 Å². The fourth-order valence-corrected chi connectivity index (χ4v) is 0.960. The zero-order valence-electron chi connectivity index (χ0n) is 6.93. The fraction of sp³-hybridized carbons (Fsp3) is 0.100. The van der Waals surface area contributed by atoms with E-state index in [1.54, 1.807) is 0 Å². The third kappa shape index (κ3) is 1.94. The third-order valence-corrected chi connectivity index (χ3v) is 1.58. The Hall–Kier alpha value is -1.76. The van der Waals surface area contributed by atoms with E-state index in [4.69, 9.17) is 6.42 Å². The second-order valence-electron chi connectivity index (χ2n) is 2.52. The number of rotatable bonds is 1. The molecule has 0 radical (unpaired) electrons. The molecule has 1 aromatic carbocycles. The predicted octanol–water partition coefficient (Wildman–Crippen LogP) is 2.41. The van der Waals surface area contributed by atoms with Gasteiger partial charge in [0.25, 0.3) is 5.78 Å². The smallest absolute Gasteiger partial charge is 0.284 e. The quantitative estimate of drug-likeness (QED) is 0.500. The minimum atomic E-state index is -4.88. The molecule has 0 unspecified atom stereocenters. The van der Waals surface area contributed by atoms with Crippen LogP contribution in [0.2, 0.25) is 0 Å². The Balaban J connectivity index is 3.22. The highest BCUT2D eigenvalue weighted by molar-refractivity contribution is 6.02. The molecule has 0 spiro atoms. The fourth-order valence-electron chi connectivity index (χ4n) is 0.960. The second kappa shape index (κ2) is 3.54. The van der Waals surface area contributed by atoms with E-state index in [0.29, 0.717) is 0 Å². The normalized spacial score (nSPS) is 10.7. The first-order chi connectivity index (χ1) is 6.46. The van der Waals surface area contributed by atoms with Crippen LogP contribution < -0.4 is 0 Å². The molecule has 1 rings (SSSR count). The number of terminal acetylenes is 1. The molecule has 14 heavy (non-hydrogen) atoms. The zero-order valence-corrected chi connectivity index (χ0v) is 6.93. The summed E-state index contributed by atoms with van der Waals surface area (Å²) in [7, 11) is 0. The van der Waals surface area contributed by atoms with Gasteiger partial charge in [-0.3, -0.25) is 4.79 Å². The van der Waals surface area contributed by atoms with E-state index in [-0.39, 0.29) is 5.56 Å². The van der Waals surface area contributed by atoms with Crippen molar-refractivity contribution in [3.63, 3.8) is 0 Å². The molecule has 0 fully saturated rings. The second-order valence-corrected chi connectivity index (χ2v) is 2.52.